The van der Waals surface area contributed by atoms with Gasteiger partial charge in [-0.15, -0.1) is 0 Å². The quantitative estimate of drug-likeness (QED) is 0.714. The number of carboxylic acid groups (broad SMARTS) is 1. The number of phenols is 1. The first kappa shape index (κ1) is 18.1. The van der Waals surface area contributed by atoms with Crippen molar-refractivity contribution in [1.29, 1.82) is 0 Å². The maximum atomic E-state index is 11.9. The van der Waals surface area contributed by atoms with Crippen molar-refractivity contribution < 1.29 is 29.3 Å². The van der Waals surface area contributed by atoms with Gasteiger partial charge in [-0.2, -0.15) is 0 Å². The van der Waals surface area contributed by atoms with E-state index in [1.807, 2.05) is 0 Å². The fourth-order valence-corrected chi connectivity index (χ4v) is 2.76. The van der Waals surface area contributed by atoms with Crippen LogP contribution in [-0.2, 0) is 19.7 Å². The third kappa shape index (κ3) is 3.79. The number of phenolic OH excluding ortho intramolecular Hbond substituents is 1. The summed E-state index contributed by atoms with van der Waals surface area (Å²) in [5.41, 5.74) is -0.438. The predicted octanol–water partition coefficient (Wildman–Crippen LogP) is 2.87. The number of hydrogen-bond acceptors (Lipinski definition) is 5. The van der Waals surface area contributed by atoms with Crippen molar-refractivity contribution >= 4 is 17.7 Å². The number of rotatable bonds is 5. The number of methoxy groups -OCH3 is 1. The van der Waals surface area contributed by atoms with Crippen LogP contribution in [0.4, 0.5) is 10.5 Å². The molecule has 1 atom stereocenters. The van der Waals surface area contributed by atoms with Gasteiger partial charge >= 0.3 is 12.1 Å². The van der Waals surface area contributed by atoms with Crippen LogP contribution in [0.25, 0.3) is 0 Å². The van der Waals surface area contributed by atoms with E-state index in [2.05, 4.69) is 5.32 Å². The van der Waals surface area contributed by atoms with Crippen LogP contribution in [0.15, 0.2) is 18.2 Å². The molecule has 2 rings (SSSR count). The lowest BCUT2D eigenvalue weighted by Crippen LogP contribution is -2.36. The second kappa shape index (κ2) is 6.32. The van der Waals surface area contributed by atoms with E-state index in [0.29, 0.717) is 18.4 Å². The van der Waals surface area contributed by atoms with E-state index in [0.717, 1.165) is 0 Å². The lowest BCUT2D eigenvalue weighted by Gasteiger charge is -2.24. The van der Waals surface area contributed by atoms with Gasteiger partial charge in [-0.05, 0) is 51.3 Å². The number of aliphatic carboxylic acids is 1. The zero-order chi connectivity index (χ0) is 18.1. The van der Waals surface area contributed by atoms with Gasteiger partial charge in [0, 0.05) is 12.5 Å². The molecule has 0 radical (unpaired) electrons. The zero-order valence-electron chi connectivity index (χ0n) is 14.3. The number of ether oxygens (including phenoxy) is 2. The second-order valence-electron chi connectivity index (χ2n) is 6.97. The van der Waals surface area contributed by atoms with Crippen molar-refractivity contribution in [3.05, 3.63) is 23.8 Å². The van der Waals surface area contributed by atoms with Gasteiger partial charge in [-0.25, -0.2) is 9.59 Å². The summed E-state index contributed by atoms with van der Waals surface area (Å²) < 4.78 is 10.3. The average molecular weight is 337 g/mol. The standard InChI is InChI=1S/C17H23NO6/c1-16(2,3)24-15(22)18-11-9-10(5-6-12(11)19)17(7-8-17)13(23-4)14(20)21/h5-6,9,13,19H,7-8H2,1-4H3,(H,18,22)(H,20,21). The molecule has 0 spiro atoms. The summed E-state index contributed by atoms with van der Waals surface area (Å²) in [5.74, 6) is -1.16. The molecule has 1 aliphatic carbocycles. The second-order valence-corrected chi connectivity index (χ2v) is 6.97. The van der Waals surface area contributed by atoms with Crippen molar-refractivity contribution in [2.75, 3.05) is 12.4 Å². The molecular formula is C17H23NO6. The number of carbonyl (C=O) groups excluding carboxylic acids is 1. The average Bonchev–Trinajstić information content (AvgIpc) is 3.21. The first-order chi connectivity index (χ1) is 11.1. The Hall–Kier alpha value is -2.28. The highest BCUT2D eigenvalue weighted by molar-refractivity contribution is 5.87. The Labute approximate surface area is 140 Å². The first-order valence-corrected chi connectivity index (χ1v) is 7.68. The Bertz CT molecular complexity index is 645. The van der Waals surface area contributed by atoms with Crippen molar-refractivity contribution in [3.63, 3.8) is 0 Å². The third-order valence-corrected chi connectivity index (χ3v) is 3.96. The minimum absolute atomic E-state index is 0.121. The number of carbonyl (C=O) groups is 2. The highest BCUT2D eigenvalue weighted by Gasteiger charge is 2.54. The summed E-state index contributed by atoms with van der Waals surface area (Å²) in [6.45, 7) is 5.20. The maximum absolute atomic E-state index is 11.9. The summed E-state index contributed by atoms with van der Waals surface area (Å²) in [5, 5.41) is 21.8. The lowest BCUT2D eigenvalue weighted by atomic mass is 9.89. The van der Waals surface area contributed by atoms with Crippen LogP contribution in [0, 0.1) is 0 Å². The van der Waals surface area contributed by atoms with E-state index in [9.17, 15) is 19.8 Å². The first-order valence-electron chi connectivity index (χ1n) is 7.68. The molecule has 7 nitrogen and oxygen atoms in total. The SMILES string of the molecule is COC(C(=O)O)C1(c2ccc(O)c(NC(=O)OC(C)(C)C)c2)CC1. The topological polar surface area (TPSA) is 105 Å². The number of benzene rings is 1. The van der Waals surface area contributed by atoms with Crippen LogP contribution < -0.4 is 5.32 Å². The van der Waals surface area contributed by atoms with Gasteiger partial charge in [0.25, 0.3) is 0 Å². The van der Waals surface area contributed by atoms with Gasteiger partial charge in [0.05, 0.1) is 5.69 Å². The van der Waals surface area contributed by atoms with Crippen molar-refractivity contribution in [2.45, 2.75) is 50.7 Å². The van der Waals surface area contributed by atoms with Crippen LogP contribution in [-0.4, -0.2) is 41.1 Å². The summed E-state index contributed by atoms with van der Waals surface area (Å²) in [7, 11) is 1.36. The van der Waals surface area contributed by atoms with Gasteiger partial charge in [0.15, 0.2) is 6.10 Å². The number of anilines is 1. The summed E-state index contributed by atoms with van der Waals surface area (Å²) in [4.78, 5) is 23.3. The fourth-order valence-electron chi connectivity index (χ4n) is 2.76. The number of aromatic hydroxyl groups is 1. The van der Waals surface area contributed by atoms with E-state index in [4.69, 9.17) is 9.47 Å². The molecule has 0 saturated heterocycles. The molecule has 132 valence electrons. The van der Waals surface area contributed by atoms with Gasteiger partial charge in [-0.3, -0.25) is 5.32 Å². The Morgan fingerprint density at radius 1 is 1.29 bits per heavy atom. The van der Waals surface area contributed by atoms with E-state index < -0.39 is 29.2 Å². The molecule has 0 heterocycles. The molecule has 1 aromatic carbocycles. The number of amides is 1. The minimum Gasteiger partial charge on any atom is -0.506 e. The molecule has 7 heteroatoms. The van der Waals surface area contributed by atoms with Crippen LogP contribution in [0.5, 0.6) is 5.75 Å². The molecule has 0 bridgehead atoms. The summed E-state index contributed by atoms with van der Waals surface area (Å²) in [6.07, 6.45) is -0.346. The summed E-state index contributed by atoms with van der Waals surface area (Å²) >= 11 is 0. The highest BCUT2D eigenvalue weighted by atomic mass is 16.6. The predicted molar refractivity (Wildman–Crippen MR) is 87.3 cm³/mol. The fraction of sp³-hybridized carbons (Fsp3) is 0.529. The molecule has 24 heavy (non-hydrogen) atoms. The summed E-state index contributed by atoms with van der Waals surface area (Å²) in [6, 6.07) is 4.65. The molecule has 1 saturated carbocycles. The van der Waals surface area contributed by atoms with Crippen molar-refractivity contribution in [2.24, 2.45) is 0 Å². The molecule has 1 fully saturated rings. The van der Waals surface area contributed by atoms with Crippen LogP contribution in [0.1, 0.15) is 39.2 Å². The monoisotopic (exact) mass is 337 g/mol. The molecule has 1 unspecified atom stereocenters. The molecule has 1 amide bonds. The van der Waals surface area contributed by atoms with Crippen LogP contribution in [0.3, 0.4) is 0 Å². The zero-order valence-corrected chi connectivity index (χ0v) is 14.3. The van der Waals surface area contributed by atoms with Gasteiger partial charge < -0.3 is 19.7 Å². The van der Waals surface area contributed by atoms with Crippen molar-refractivity contribution in [3.8, 4) is 5.75 Å². The molecule has 3 N–H and O–H groups in total. The Morgan fingerprint density at radius 2 is 1.92 bits per heavy atom. The van der Waals surface area contributed by atoms with Crippen LogP contribution >= 0.6 is 0 Å². The van der Waals surface area contributed by atoms with E-state index in [1.165, 1.54) is 13.2 Å². The Balaban J connectivity index is 2.26. The molecule has 1 aromatic rings. The van der Waals surface area contributed by atoms with Crippen molar-refractivity contribution in [1.82, 2.24) is 0 Å². The third-order valence-electron chi connectivity index (χ3n) is 3.96. The molecule has 1 aliphatic rings. The minimum atomic E-state index is -1.04. The van der Waals surface area contributed by atoms with E-state index >= 15 is 0 Å². The Morgan fingerprint density at radius 3 is 2.38 bits per heavy atom. The Kier molecular flexibility index (Phi) is 4.75. The van der Waals surface area contributed by atoms with Crippen LogP contribution in [0.2, 0.25) is 0 Å². The molecular weight excluding hydrogens is 314 g/mol. The maximum Gasteiger partial charge on any atom is 0.412 e. The smallest absolute Gasteiger partial charge is 0.412 e. The molecule has 0 aromatic heterocycles. The van der Waals surface area contributed by atoms with Gasteiger partial charge in [-0.1, -0.05) is 6.07 Å². The lowest BCUT2D eigenvalue weighted by molar-refractivity contribution is -0.150. The number of nitrogens with one attached hydrogen (secondary N) is 1. The van der Waals surface area contributed by atoms with E-state index in [1.54, 1.807) is 32.9 Å². The van der Waals surface area contributed by atoms with E-state index in [-0.39, 0.29) is 11.4 Å². The van der Waals surface area contributed by atoms with Gasteiger partial charge in [0.2, 0.25) is 0 Å². The van der Waals surface area contributed by atoms with Gasteiger partial charge in [0.1, 0.15) is 11.4 Å². The normalized spacial score (nSPS) is 17.0. The number of carboxylic acids is 1. The molecule has 0 aliphatic heterocycles. The highest BCUT2D eigenvalue weighted by Crippen LogP contribution is 2.53. The largest absolute Gasteiger partial charge is 0.506 e. The number of hydrogen-bond donors (Lipinski definition) is 3.